The Morgan fingerprint density at radius 1 is 1.26 bits per heavy atom. The van der Waals surface area contributed by atoms with Crippen molar-refractivity contribution in [2.45, 2.75) is 24.8 Å². The first kappa shape index (κ1) is 27.9. The molecule has 3 rings (SSSR count). The molecular formula is C23H34N8O3S. The minimum absolute atomic E-state index is 0.312. The van der Waals surface area contributed by atoms with E-state index in [1.165, 1.54) is 0 Å². The summed E-state index contributed by atoms with van der Waals surface area (Å²) >= 11 is 1.74. The molecule has 2 heterocycles. The number of nitrogens with zero attached hydrogens (tertiary/aromatic N) is 5. The van der Waals surface area contributed by atoms with Gasteiger partial charge in [-0.05, 0) is 17.7 Å². The summed E-state index contributed by atoms with van der Waals surface area (Å²) in [6.45, 7) is 5.65. The van der Waals surface area contributed by atoms with Gasteiger partial charge in [0.2, 0.25) is 12.2 Å². The maximum Gasteiger partial charge on any atom is 0.285 e. The number of nitrogens with two attached hydrogens (primary N) is 3. The quantitative estimate of drug-likeness (QED) is 0.114. The van der Waals surface area contributed by atoms with Crippen LogP contribution in [0.2, 0.25) is 0 Å². The summed E-state index contributed by atoms with van der Waals surface area (Å²) in [7, 11) is 1.78. The summed E-state index contributed by atoms with van der Waals surface area (Å²) in [6.07, 6.45) is 3.81. The number of hydrogen-bond acceptors (Lipinski definition) is 9. The van der Waals surface area contributed by atoms with Gasteiger partial charge in [-0.15, -0.1) is 16.9 Å². The van der Waals surface area contributed by atoms with Gasteiger partial charge in [0.05, 0.1) is 25.4 Å². The van der Waals surface area contributed by atoms with Crippen molar-refractivity contribution in [1.82, 2.24) is 10.1 Å². The van der Waals surface area contributed by atoms with Crippen LogP contribution >= 0.6 is 11.8 Å². The molecule has 0 unspecified atom stereocenters. The zero-order chi connectivity index (χ0) is 25.6. The van der Waals surface area contributed by atoms with Crippen LogP contribution in [0.3, 0.4) is 0 Å². The number of primary amides is 1. The van der Waals surface area contributed by atoms with Crippen molar-refractivity contribution < 1.29 is 14.3 Å². The van der Waals surface area contributed by atoms with Crippen LogP contribution in [0.4, 0.5) is 11.5 Å². The second kappa shape index (κ2) is 14.8. The lowest BCUT2D eigenvalue weighted by atomic mass is 10.2. The van der Waals surface area contributed by atoms with E-state index in [-0.39, 0.29) is 5.84 Å². The highest BCUT2D eigenvalue weighted by Gasteiger charge is 2.16. The lowest BCUT2D eigenvalue weighted by Gasteiger charge is -2.29. The standard InChI is InChI=1S/C14H21N3O2S.C9H13N5O/c1-3-8-20-13-10-15-14(9-12(13)16(2)11-18)17-4-6-19-7-5-17;10-8(9(11)15)13-14(12)6-7-4-2-1-3-5-7/h9-11H,3-8H2,1-2H3;1-5H,6,12H2,(H2,10,13)(H2,11,15). The van der Waals surface area contributed by atoms with Gasteiger partial charge in [0.1, 0.15) is 5.82 Å². The van der Waals surface area contributed by atoms with E-state index in [2.05, 4.69) is 21.9 Å². The van der Waals surface area contributed by atoms with Gasteiger partial charge in [-0.2, -0.15) is 0 Å². The predicted octanol–water partition coefficient (Wildman–Crippen LogP) is 1.13. The predicted molar refractivity (Wildman–Crippen MR) is 140 cm³/mol. The fourth-order valence-corrected chi connectivity index (χ4v) is 3.94. The SMILES string of the molecule is CCCSc1cnc(N2CCOCC2)cc1N(C)C=O.NC(=O)/C(N)=N/N(N)Cc1ccccc1. The Morgan fingerprint density at radius 3 is 2.54 bits per heavy atom. The second-order valence-corrected chi connectivity index (χ2v) is 8.74. The Morgan fingerprint density at radius 2 is 1.94 bits per heavy atom. The van der Waals surface area contributed by atoms with Crippen LogP contribution in [0.15, 0.2) is 52.6 Å². The van der Waals surface area contributed by atoms with Crippen LogP contribution in [0.25, 0.3) is 0 Å². The summed E-state index contributed by atoms with van der Waals surface area (Å²) < 4.78 is 5.36. The molecule has 1 saturated heterocycles. The third kappa shape index (κ3) is 9.43. The lowest BCUT2D eigenvalue weighted by Crippen LogP contribution is -2.36. The van der Waals surface area contributed by atoms with E-state index in [0.717, 1.165) is 72.0 Å². The van der Waals surface area contributed by atoms with E-state index in [0.29, 0.717) is 6.54 Å². The molecule has 6 N–H and O–H groups in total. The molecule has 0 atom stereocenters. The molecule has 0 spiro atoms. The molecule has 2 aromatic rings. The molecule has 0 saturated carbocycles. The molecule has 1 aromatic heterocycles. The van der Waals surface area contributed by atoms with Crippen molar-refractivity contribution in [3.63, 3.8) is 0 Å². The maximum absolute atomic E-state index is 11.1. The fourth-order valence-electron chi connectivity index (χ4n) is 3.04. The third-order valence-electron chi connectivity index (χ3n) is 4.84. The molecular weight excluding hydrogens is 468 g/mol. The van der Waals surface area contributed by atoms with Gasteiger partial charge in [0, 0.05) is 37.3 Å². The number of morpholine rings is 1. The number of anilines is 2. The van der Waals surface area contributed by atoms with E-state index in [1.54, 1.807) is 23.7 Å². The number of hydrazine groups is 1. The van der Waals surface area contributed by atoms with Crippen molar-refractivity contribution >= 4 is 41.4 Å². The van der Waals surface area contributed by atoms with Crippen LogP contribution in [0.5, 0.6) is 0 Å². The number of hydrazone groups is 1. The largest absolute Gasteiger partial charge is 0.378 e. The number of ether oxygens (including phenoxy) is 1. The first-order valence-electron chi connectivity index (χ1n) is 11.2. The smallest absolute Gasteiger partial charge is 0.285 e. The molecule has 190 valence electrons. The number of benzene rings is 1. The fraction of sp³-hybridized carbons (Fsp3) is 0.391. The summed E-state index contributed by atoms with van der Waals surface area (Å²) in [4.78, 5) is 31.1. The number of carbonyl (C=O) groups is 2. The van der Waals surface area contributed by atoms with E-state index >= 15 is 0 Å². The highest BCUT2D eigenvalue weighted by molar-refractivity contribution is 7.99. The Balaban J connectivity index is 0.000000258. The zero-order valence-corrected chi connectivity index (χ0v) is 21.0. The van der Waals surface area contributed by atoms with Gasteiger partial charge in [-0.3, -0.25) is 9.59 Å². The van der Waals surface area contributed by atoms with E-state index in [4.69, 9.17) is 22.0 Å². The van der Waals surface area contributed by atoms with Gasteiger partial charge in [0.15, 0.2) is 0 Å². The summed E-state index contributed by atoms with van der Waals surface area (Å²) in [5, 5.41) is 4.67. The minimum Gasteiger partial charge on any atom is -0.378 e. The summed E-state index contributed by atoms with van der Waals surface area (Å²) in [5.74, 6) is 6.34. The molecule has 1 aliphatic rings. The van der Waals surface area contributed by atoms with Crippen LogP contribution in [0.1, 0.15) is 18.9 Å². The Labute approximate surface area is 210 Å². The highest BCUT2D eigenvalue weighted by Crippen LogP contribution is 2.32. The van der Waals surface area contributed by atoms with Crippen LogP contribution in [-0.4, -0.2) is 67.4 Å². The van der Waals surface area contributed by atoms with Crippen molar-refractivity contribution in [1.29, 1.82) is 0 Å². The van der Waals surface area contributed by atoms with Crippen LogP contribution in [0, 0.1) is 0 Å². The summed E-state index contributed by atoms with van der Waals surface area (Å²) in [5.41, 5.74) is 12.0. The number of amides is 2. The van der Waals surface area contributed by atoms with Gasteiger partial charge >= 0.3 is 0 Å². The summed E-state index contributed by atoms with van der Waals surface area (Å²) in [6, 6.07) is 11.4. The van der Waals surface area contributed by atoms with Crippen molar-refractivity contribution in [3.05, 3.63) is 48.2 Å². The van der Waals surface area contributed by atoms with Crippen molar-refractivity contribution in [2.75, 3.05) is 48.9 Å². The number of pyridine rings is 1. The first-order valence-corrected chi connectivity index (χ1v) is 12.2. The molecule has 0 radical (unpaired) electrons. The van der Waals surface area contributed by atoms with E-state index in [1.807, 2.05) is 42.6 Å². The number of carbonyl (C=O) groups excluding carboxylic acids is 2. The maximum atomic E-state index is 11.1. The van der Waals surface area contributed by atoms with Gasteiger partial charge in [-0.1, -0.05) is 37.3 Å². The molecule has 0 bridgehead atoms. The number of thioether (sulfide) groups is 1. The normalized spacial score (nSPS) is 13.5. The number of hydrogen-bond donors (Lipinski definition) is 3. The first-order chi connectivity index (χ1) is 16.8. The van der Waals surface area contributed by atoms with Crippen molar-refractivity contribution in [2.24, 2.45) is 22.4 Å². The number of aromatic nitrogens is 1. The number of amidine groups is 1. The molecule has 1 aromatic carbocycles. The Bertz CT molecular complexity index is 970. The topological polar surface area (TPSA) is 156 Å². The molecule has 35 heavy (non-hydrogen) atoms. The number of rotatable bonds is 9. The van der Waals surface area contributed by atoms with Gasteiger partial charge < -0.3 is 26.0 Å². The molecule has 1 aliphatic heterocycles. The molecule has 12 heteroatoms. The molecule has 0 aliphatic carbocycles. The third-order valence-corrected chi connectivity index (χ3v) is 6.08. The zero-order valence-electron chi connectivity index (χ0n) is 20.2. The second-order valence-electron chi connectivity index (χ2n) is 7.61. The monoisotopic (exact) mass is 502 g/mol. The lowest BCUT2D eigenvalue weighted by molar-refractivity contribution is -0.112. The molecule has 11 nitrogen and oxygen atoms in total. The van der Waals surface area contributed by atoms with Crippen LogP contribution < -0.4 is 27.1 Å². The van der Waals surface area contributed by atoms with Gasteiger partial charge in [-0.25, -0.2) is 15.9 Å². The van der Waals surface area contributed by atoms with E-state index < -0.39 is 5.91 Å². The van der Waals surface area contributed by atoms with Crippen LogP contribution in [-0.2, 0) is 20.9 Å². The Kier molecular flexibility index (Phi) is 11.8. The van der Waals surface area contributed by atoms with E-state index in [9.17, 15) is 9.59 Å². The van der Waals surface area contributed by atoms with Crippen molar-refractivity contribution in [3.8, 4) is 0 Å². The average Bonchev–Trinajstić information content (AvgIpc) is 2.88. The molecule has 1 fully saturated rings. The van der Waals surface area contributed by atoms with Gasteiger partial charge in [0.25, 0.3) is 5.91 Å². The molecule has 2 amide bonds. The highest BCUT2D eigenvalue weighted by atomic mass is 32.2. The minimum atomic E-state index is -0.793. The Hall–Kier alpha value is -3.35. The average molecular weight is 503 g/mol.